The van der Waals surface area contributed by atoms with Gasteiger partial charge in [0.1, 0.15) is 6.04 Å². The van der Waals surface area contributed by atoms with Crippen molar-refractivity contribution in [2.75, 3.05) is 11.9 Å². The summed E-state index contributed by atoms with van der Waals surface area (Å²) >= 11 is 12.7. The molecule has 2 aromatic carbocycles. The van der Waals surface area contributed by atoms with Gasteiger partial charge in [-0.1, -0.05) is 47.0 Å². The summed E-state index contributed by atoms with van der Waals surface area (Å²) in [5, 5.41) is 4.41. The Bertz CT molecular complexity index is 820. The Morgan fingerprint density at radius 2 is 2.00 bits per heavy atom. The van der Waals surface area contributed by atoms with Crippen LogP contribution in [-0.2, 0) is 9.53 Å². The van der Waals surface area contributed by atoms with Gasteiger partial charge in [0.2, 0.25) is 0 Å². The van der Waals surface area contributed by atoms with Crippen LogP contribution in [0.3, 0.4) is 0 Å². The lowest BCUT2D eigenvalue weighted by Crippen LogP contribution is -2.37. The minimum atomic E-state index is -0.423. The number of nitrogens with one attached hydrogen (secondary N) is 1. The lowest BCUT2D eigenvalue weighted by molar-refractivity contribution is -0.144. The van der Waals surface area contributed by atoms with Gasteiger partial charge >= 0.3 is 5.97 Å². The first-order valence-corrected chi connectivity index (χ1v) is 9.15. The van der Waals surface area contributed by atoms with Crippen molar-refractivity contribution < 1.29 is 9.53 Å². The molecule has 0 aliphatic carbocycles. The van der Waals surface area contributed by atoms with Gasteiger partial charge < -0.3 is 10.1 Å². The molecular formula is C20H21Cl2NO2. The van der Waals surface area contributed by atoms with Gasteiger partial charge in [-0.25, -0.2) is 4.79 Å². The normalized spacial score (nSPS) is 19.1. The number of hydrogen-bond donors (Lipinski definition) is 1. The van der Waals surface area contributed by atoms with E-state index in [0.717, 1.165) is 11.3 Å². The molecule has 0 saturated carbocycles. The zero-order valence-corrected chi connectivity index (χ0v) is 16.0. The number of benzene rings is 2. The fourth-order valence-electron chi connectivity index (χ4n) is 3.56. The maximum absolute atomic E-state index is 12.3. The molecule has 25 heavy (non-hydrogen) atoms. The van der Waals surface area contributed by atoms with Crippen LogP contribution in [0.1, 0.15) is 41.5 Å². The summed E-state index contributed by atoms with van der Waals surface area (Å²) in [6.45, 7) is 6.33. The Hall–Kier alpha value is -1.71. The Kier molecular flexibility index (Phi) is 5.26. The van der Waals surface area contributed by atoms with Gasteiger partial charge in [0.25, 0.3) is 0 Å². The van der Waals surface area contributed by atoms with Gasteiger partial charge in [0.05, 0.1) is 6.61 Å². The molecule has 2 unspecified atom stereocenters. The fraction of sp³-hybridized carbons (Fsp3) is 0.350. The predicted octanol–water partition coefficient (Wildman–Crippen LogP) is 5.49. The molecule has 1 N–H and O–H groups in total. The first-order valence-electron chi connectivity index (χ1n) is 8.40. The summed E-state index contributed by atoms with van der Waals surface area (Å²) in [6, 6.07) is 9.52. The highest BCUT2D eigenvalue weighted by atomic mass is 35.5. The lowest BCUT2D eigenvalue weighted by atomic mass is 9.80. The predicted molar refractivity (Wildman–Crippen MR) is 103 cm³/mol. The summed E-state index contributed by atoms with van der Waals surface area (Å²) in [7, 11) is 0. The molecule has 0 fully saturated rings. The van der Waals surface area contributed by atoms with Gasteiger partial charge in [-0.05, 0) is 50.5 Å². The number of ether oxygens (including phenoxy) is 1. The van der Waals surface area contributed by atoms with Gasteiger partial charge in [-0.15, -0.1) is 0 Å². The van der Waals surface area contributed by atoms with E-state index in [2.05, 4.69) is 37.4 Å². The molecule has 1 aliphatic heterocycles. The number of halogens is 2. The van der Waals surface area contributed by atoms with Crippen LogP contribution in [0.4, 0.5) is 5.69 Å². The maximum atomic E-state index is 12.3. The number of rotatable bonds is 3. The molecule has 0 aromatic heterocycles. The van der Waals surface area contributed by atoms with Crippen molar-refractivity contribution in [2.45, 2.75) is 39.2 Å². The van der Waals surface area contributed by atoms with Crippen molar-refractivity contribution in [3.8, 4) is 0 Å². The first-order chi connectivity index (χ1) is 11.9. The van der Waals surface area contributed by atoms with Crippen LogP contribution in [0.2, 0.25) is 10.0 Å². The van der Waals surface area contributed by atoms with Crippen LogP contribution < -0.4 is 5.32 Å². The summed E-state index contributed by atoms with van der Waals surface area (Å²) in [6.07, 6.45) is 0.594. The van der Waals surface area contributed by atoms with E-state index < -0.39 is 6.04 Å². The Morgan fingerprint density at radius 1 is 1.24 bits per heavy atom. The highest BCUT2D eigenvalue weighted by Gasteiger charge is 2.34. The van der Waals surface area contributed by atoms with Crippen LogP contribution in [0.25, 0.3) is 0 Å². The molecule has 2 atom stereocenters. The average Bonchev–Trinajstić information content (AvgIpc) is 2.53. The molecule has 0 amide bonds. The number of aryl methyl sites for hydroxylation is 2. The number of esters is 1. The van der Waals surface area contributed by atoms with Gasteiger partial charge in [0, 0.05) is 27.2 Å². The number of carbonyl (C=O) groups is 1. The van der Waals surface area contributed by atoms with Gasteiger partial charge in [-0.2, -0.15) is 0 Å². The van der Waals surface area contributed by atoms with Crippen LogP contribution in [0, 0.1) is 13.8 Å². The molecule has 132 valence electrons. The molecule has 0 bridgehead atoms. The number of carbonyl (C=O) groups excluding carboxylic acids is 1. The van der Waals surface area contributed by atoms with E-state index in [1.807, 2.05) is 13.0 Å². The van der Waals surface area contributed by atoms with E-state index in [9.17, 15) is 4.79 Å². The molecule has 5 heteroatoms. The summed E-state index contributed by atoms with van der Waals surface area (Å²) in [4.78, 5) is 12.3. The Labute approximate surface area is 158 Å². The highest BCUT2D eigenvalue weighted by Crippen LogP contribution is 2.45. The highest BCUT2D eigenvalue weighted by molar-refractivity contribution is 6.35. The molecule has 0 saturated heterocycles. The second-order valence-corrected chi connectivity index (χ2v) is 7.29. The molecule has 1 aliphatic rings. The van der Waals surface area contributed by atoms with Crippen molar-refractivity contribution in [2.24, 2.45) is 0 Å². The van der Waals surface area contributed by atoms with Crippen molar-refractivity contribution in [3.05, 3.63) is 62.6 Å². The SMILES string of the molecule is CCOC(=O)C1CC(c2ccc(C)cc2C)c2c(Cl)cc(Cl)cc2N1. The lowest BCUT2D eigenvalue weighted by Gasteiger charge is -2.34. The second-order valence-electron chi connectivity index (χ2n) is 6.45. The maximum Gasteiger partial charge on any atom is 0.328 e. The molecule has 0 radical (unpaired) electrons. The van der Waals surface area contributed by atoms with E-state index in [-0.39, 0.29) is 11.9 Å². The summed E-state index contributed by atoms with van der Waals surface area (Å²) in [5.74, 6) is -0.241. The zero-order chi connectivity index (χ0) is 18.1. The average molecular weight is 378 g/mol. The number of anilines is 1. The standard InChI is InChI=1S/C20H21Cl2NO2/c1-4-25-20(24)18-10-15(14-6-5-11(2)7-12(14)3)19-16(22)8-13(21)9-17(19)23-18/h5-9,15,18,23H,4,10H2,1-3H3. The molecule has 3 nitrogen and oxygen atoms in total. The minimum absolute atomic E-state index is 0.0102. The van der Waals surface area contributed by atoms with E-state index in [1.165, 1.54) is 16.7 Å². The molecule has 2 aromatic rings. The van der Waals surface area contributed by atoms with Gasteiger partial charge in [-0.3, -0.25) is 0 Å². The van der Waals surface area contributed by atoms with Crippen molar-refractivity contribution in [1.82, 2.24) is 0 Å². The van der Waals surface area contributed by atoms with Crippen LogP contribution in [-0.4, -0.2) is 18.6 Å². The van der Waals surface area contributed by atoms with E-state index in [4.69, 9.17) is 27.9 Å². The Balaban J connectivity index is 2.11. The summed E-state index contributed by atoms with van der Waals surface area (Å²) in [5.41, 5.74) is 5.35. The third kappa shape index (κ3) is 3.63. The fourth-order valence-corrected chi connectivity index (χ4v) is 4.18. The topological polar surface area (TPSA) is 38.3 Å². The first kappa shape index (κ1) is 18.1. The third-order valence-corrected chi connectivity index (χ3v) is 5.15. The third-order valence-electron chi connectivity index (χ3n) is 4.62. The molecular weight excluding hydrogens is 357 g/mol. The van der Waals surface area contributed by atoms with Crippen LogP contribution in [0.5, 0.6) is 0 Å². The molecule has 1 heterocycles. The zero-order valence-electron chi connectivity index (χ0n) is 14.5. The van der Waals surface area contributed by atoms with E-state index >= 15 is 0 Å². The van der Waals surface area contributed by atoms with E-state index in [0.29, 0.717) is 23.1 Å². The largest absolute Gasteiger partial charge is 0.464 e. The Morgan fingerprint density at radius 3 is 2.68 bits per heavy atom. The van der Waals surface area contributed by atoms with Crippen molar-refractivity contribution in [1.29, 1.82) is 0 Å². The summed E-state index contributed by atoms with van der Waals surface area (Å²) < 4.78 is 5.22. The smallest absolute Gasteiger partial charge is 0.328 e. The number of hydrogen-bond acceptors (Lipinski definition) is 3. The van der Waals surface area contributed by atoms with E-state index in [1.54, 1.807) is 6.07 Å². The van der Waals surface area contributed by atoms with Crippen LogP contribution >= 0.6 is 23.2 Å². The molecule has 3 rings (SSSR count). The van der Waals surface area contributed by atoms with Crippen molar-refractivity contribution >= 4 is 34.9 Å². The van der Waals surface area contributed by atoms with Crippen LogP contribution in [0.15, 0.2) is 30.3 Å². The number of fused-ring (bicyclic) bond motifs is 1. The van der Waals surface area contributed by atoms with Crippen molar-refractivity contribution in [3.63, 3.8) is 0 Å². The van der Waals surface area contributed by atoms with Gasteiger partial charge in [0.15, 0.2) is 0 Å². The quantitative estimate of drug-likeness (QED) is 0.718. The monoisotopic (exact) mass is 377 g/mol. The minimum Gasteiger partial charge on any atom is -0.464 e. The molecule has 0 spiro atoms. The second kappa shape index (κ2) is 7.27.